The lowest BCUT2D eigenvalue weighted by molar-refractivity contribution is -0.115. The van der Waals surface area contributed by atoms with E-state index >= 15 is 0 Å². The van der Waals surface area contributed by atoms with Crippen LogP contribution in [-0.4, -0.2) is 44.1 Å². The highest BCUT2D eigenvalue weighted by Gasteiger charge is 2.14. The normalized spacial score (nSPS) is 10.3. The molecule has 0 saturated heterocycles. The maximum absolute atomic E-state index is 13.6. The van der Waals surface area contributed by atoms with Crippen molar-refractivity contribution in [3.8, 4) is 0 Å². The average Bonchev–Trinajstić information content (AvgIpc) is 2.49. The molecule has 6 nitrogen and oxygen atoms in total. The van der Waals surface area contributed by atoms with Crippen LogP contribution in [0.15, 0.2) is 30.5 Å². The van der Waals surface area contributed by atoms with Crippen molar-refractivity contribution in [2.24, 2.45) is 0 Å². The van der Waals surface area contributed by atoms with Crippen molar-refractivity contribution in [3.05, 3.63) is 41.8 Å². The zero-order valence-electron chi connectivity index (χ0n) is 13.7. The highest BCUT2D eigenvalue weighted by Crippen LogP contribution is 2.23. The Kier molecular flexibility index (Phi) is 5.10. The summed E-state index contributed by atoms with van der Waals surface area (Å²) >= 11 is 0. The molecule has 1 aromatic heterocycles. The lowest BCUT2D eigenvalue weighted by Gasteiger charge is -2.19. The van der Waals surface area contributed by atoms with E-state index in [1.807, 2.05) is 28.2 Å². The Bertz CT molecular complexity index is 703. The summed E-state index contributed by atoms with van der Waals surface area (Å²) in [4.78, 5) is 24.3. The fourth-order valence-corrected chi connectivity index (χ4v) is 2.02. The second-order valence-corrected chi connectivity index (χ2v) is 5.51. The Morgan fingerprint density at radius 1 is 1.17 bits per heavy atom. The van der Waals surface area contributed by atoms with Crippen molar-refractivity contribution in [2.45, 2.75) is 6.42 Å². The molecule has 0 fully saturated rings. The van der Waals surface area contributed by atoms with Gasteiger partial charge >= 0.3 is 0 Å². The van der Waals surface area contributed by atoms with E-state index in [4.69, 9.17) is 0 Å². The van der Waals surface area contributed by atoms with E-state index in [1.165, 1.54) is 6.07 Å². The number of halogens is 1. The van der Waals surface area contributed by atoms with Crippen LogP contribution in [0.1, 0.15) is 5.56 Å². The van der Waals surface area contributed by atoms with Gasteiger partial charge in [-0.3, -0.25) is 4.79 Å². The largest absolute Gasteiger partial charge is 0.361 e. The third kappa shape index (κ3) is 4.15. The van der Waals surface area contributed by atoms with Crippen LogP contribution in [0.4, 0.5) is 21.8 Å². The second kappa shape index (κ2) is 7.04. The van der Waals surface area contributed by atoms with Gasteiger partial charge in [0, 0.05) is 28.2 Å². The second-order valence-electron chi connectivity index (χ2n) is 5.51. The van der Waals surface area contributed by atoms with Crippen molar-refractivity contribution < 1.29 is 9.18 Å². The number of carbonyl (C=O) groups excluding carboxylic acids is 1. The van der Waals surface area contributed by atoms with Crippen molar-refractivity contribution in [2.75, 3.05) is 43.3 Å². The van der Waals surface area contributed by atoms with Crippen LogP contribution in [0, 0.1) is 5.82 Å². The summed E-state index contributed by atoms with van der Waals surface area (Å²) in [7, 11) is 7.33. The molecular weight excluding hydrogens is 297 g/mol. The van der Waals surface area contributed by atoms with E-state index in [-0.39, 0.29) is 12.3 Å². The molecule has 23 heavy (non-hydrogen) atoms. The number of rotatable bonds is 5. The highest BCUT2D eigenvalue weighted by molar-refractivity contribution is 5.94. The zero-order chi connectivity index (χ0) is 17.0. The van der Waals surface area contributed by atoms with Gasteiger partial charge in [-0.05, 0) is 11.6 Å². The van der Waals surface area contributed by atoms with Crippen LogP contribution in [0.3, 0.4) is 0 Å². The van der Waals surface area contributed by atoms with Gasteiger partial charge in [-0.25, -0.2) is 9.37 Å². The first-order chi connectivity index (χ1) is 10.9. The number of nitrogens with one attached hydrogen (secondary N) is 1. The Hall–Kier alpha value is -2.70. The summed E-state index contributed by atoms with van der Waals surface area (Å²) in [6.07, 6.45) is 1.51. The molecule has 7 heteroatoms. The fraction of sp³-hybridized carbons (Fsp3) is 0.312. The van der Waals surface area contributed by atoms with Gasteiger partial charge in [0.05, 0.1) is 12.6 Å². The number of hydrogen-bond acceptors (Lipinski definition) is 5. The van der Waals surface area contributed by atoms with Crippen LogP contribution >= 0.6 is 0 Å². The minimum atomic E-state index is -0.394. The minimum Gasteiger partial charge on any atom is -0.361 e. The van der Waals surface area contributed by atoms with Crippen molar-refractivity contribution in [1.29, 1.82) is 0 Å². The molecule has 1 N–H and O–H groups in total. The summed E-state index contributed by atoms with van der Waals surface area (Å²) in [6.45, 7) is 0. The molecule has 1 heterocycles. The van der Waals surface area contributed by atoms with E-state index in [9.17, 15) is 9.18 Å². The number of benzene rings is 1. The maximum atomic E-state index is 13.6. The number of aromatic nitrogens is 2. The predicted molar refractivity (Wildman–Crippen MR) is 89.4 cm³/mol. The SMILES string of the molecule is CN(C)c1ncc(NC(=O)Cc2ccccc2F)c(N(C)C)n1. The number of hydrogen-bond donors (Lipinski definition) is 1. The topological polar surface area (TPSA) is 61.4 Å². The third-order valence-corrected chi connectivity index (χ3v) is 3.16. The van der Waals surface area contributed by atoms with Crippen LogP contribution in [0.2, 0.25) is 0 Å². The highest BCUT2D eigenvalue weighted by atomic mass is 19.1. The number of anilines is 3. The fourth-order valence-electron chi connectivity index (χ4n) is 2.02. The van der Waals surface area contributed by atoms with Gasteiger partial charge in [0.1, 0.15) is 11.5 Å². The van der Waals surface area contributed by atoms with E-state index < -0.39 is 5.82 Å². The van der Waals surface area contributed by atoms with Crippen LogP contribution in [0.25, 0.3) is 0 Å². The molecule has 0 unspecified atom stereocenters. The molecule has 0 aliphatic heterocycles. The molecular formula is C16H20FN5O. The molecule has 0 aliphatic carbocycles. The number of carbonyl (C=O) groups is 1. The van der Waals surface area contributed by atoms with E-state index in [1.54, 1.807) is 34.2 Å². The first kappa shape index (κ1) is 16.7. The van der Waals surface area contributed by atoms with E-state index in [0.717, 1.165) is 0 Å². The Morgan fingerprint density at radius 3 is 2.48 bits per heavy atom. The van der Waals surface area contributed by atoms with E-state index in [2.05, 4.69) is 15.3 Å². The Morgan fingerprint density at radius 2 is 1.87 bits per heavy atom. The maximum Gasteiger partial charge on any atom is 0.229 e. The molecule has 0 atom stereocenters. The Labute approximate surface area is 135 Å². The molecule has 0 radical (unpaired) electrons. The first-order valence-electron chi connectivity index (χ1n) is 7.13. The van der Waals surface area contributed by atoms with Gasteiger partial charge in [-0.1, -0.05) is 18.2 Å². The molecule has 1 aromatic carbocycles. The lowest BCUT2D eigenvalue weighted by atomic mass is 10.1. The average molecular weight is 317 g/mol. The standard InChI is InChI=1S/C16H20FN5O/c1-21(2)15-13(10-18-16(20-15)22(3)4)19-14(23)9-11-7-5-6-8-12(11)17/h5-8,10H,9H2,1-4H3,(H,19,23). The number of amides is 1. The predicted octanol–water partition coefficient (Wildman–Crippen LogP) is 1.93. The Balaban J connectivity index is 2.19. The molecule has 0 aliphatic rings. The molecule has 2 rings (SSSR count). The molecule has 2 aromatic rings. The minimum absolute atomic E-state index is 0.0467. The molecule has 122 valence electrons. The first-order valence-corrected chi connectivity index (χ1v) is 7.13. The van der Waals surface area contributed by atoms with Crippen LogP contribution in [0.5, 0.6) is 0 Å². The summed E-state index contributed by atoms with van der Waals surface area (Å²) in [5.41, 5.74) is 0.837. The third-order valence-electron chi connectivity index (χ3n) is 3.16. The smallest absolute Gasteiger partial charge is 0.229 e. The van der Waals surface area contributed by atoms with Crippen LogP contribution < -0.4 is 15.1 Å². The van der Waals surface area contributed by atoms with Crippen molar-refractivity contribution in [1.82, 2.24) is 9.97 Å². The van der Waals surface area contributed by atoms with Crippen molar-refractivity contribution >= 4 is 23.4 Å². The molecule has 1 amide bonds. The van der Waals surface area contributed by atoms with Gasteiger partial charge in [-0.15, -0.1) is 0 Å². The summed E-state index contributed by atoms with van der Waals surface area (Å²) in [5.74, 6) is 0.417. The number of nitrogens with zero attached hydrogens (tertiary/aromatic N) is 4. The quantitative estimate of drug-likeness (QED) is 0.913. The van der Waals surface area contributed by atoms with Gasteiger partial charge < -0.3 is 15.1 Å². The zero-order valence-corrected chi connectivity index (χ0v) is 13.7. The van der Waals surface area contributed by atoms with Gasteiger partial charge in [0.25, 0.3) is 0 Å². The monoisotopic (exact) mass is 317 g/mol. The lowest BCUT2D eigenvalue weighted by Crippen LogP contribution is -2.21. The van der Waals surface area contributed by atoms with E-state index in [0.29, 0.717) is 23.0 Å². The van der Waals surface area contributed by atoms with Gasteiger partial charge in [0.15, 0.2) is 5.82 Å². The molecule has 0 saturated carbocycles. The van der Waals surface area contributed by atoms with Crippen LogP contribution in [-0.2, 0) is 11.2 Å². The van der Waals surface area contributed by atoms with Gasteiger partial charge in [0.2, 0.25) is 11.9 Å². The van der Waals surface area contributed by atoms with Crippen molar-refractivity contribution in [3.63, 3.8) is 0 Å². The molecule has 0 bridgehead atoms. The van der Waals surface area contributed by atoms with Gasteiger partial charge in [-0.2, -0.15) is 4.98 Å². The summed E-state index contributed by atoms with van der Waals surface area (Å²) in [6, 6.07) is 6.22. The molecule has 0 spiro atoms. The summed E-state index contributed by atoms with van der Waals surface area (Å²) < 4.78 is 13.6. The summed E-state index contributed by atoms with van der Waals surface area (Å²) in [5, 5.41) is 2.74.